The van der Waals surface area contributed by atoms with Crippen LogP contribution in [-0.4, -0.2) is 5.11 Å². The zero-order valence-electron chi connectivity index (χ0n) is 10.4. The van der Waals surface area contributed by atoms with Crippen molar-refractivity contribution in [3.8, 4) is 11.5 Å². The van der Waals surface area contributed by atoms with Crippen LogP contribution in [0.3, 0.4) is 0 Å². The monoisotopic (exact) mass is 306 g/mol. The number of halogens is 1. The summed E-state index contributed by atoms with van der Waals surface area (Å²) in [6.45, 7) is 3.78. The van der Waals surface area contributed by atoms with E-state index in [1.165, 1.54) is 5.56 Å². The van der Waals surface area contributed by atoms with Crippen LogP contribution in [0, 0.1) is 6.92 Å². The number of aryl methyl sites for hydroxylation is 1. The molecule has 0 aromatic heterocycles. The predicted molar refractivity (Wildman–Crippen MR) is 76.0 cm³/mol. The Balaban J connectivity index is 2.20. The van der Waals surface area contributed by atoms with E-state index in [-0.39, 0.29) is 0 Å². The van der Waals surface area contributed by atoms with Gasteiger partial charge in [0.2, 0.25) is 0 Å². The van der Waals surface area contributed by atoms with E-state index in [4.69, 9.17) is 4.74 Å². The fraction of sp³-hybridized carbons (Fsp3) is 0.200. The van der Waals surface area contributed by atoms with Crippen LogP contribution in [-0.2, 0) is 0 Å². The molecule has 2 nitrogen and oxygen atoms in total. The molecule has 0 aliphatic carbocycles. The molecule has 94 valence electrons. The van der Waals surface area contributed by atoms with Crippen molar-refractivity contribution in [2.75, 3.05) is 0 Å². The molecule has 2 aromatic rings. The van der Waals surface area contributed by atoms with Crippen LogP contribution in [0.4, 0.5) is 0 Å². The lowest BCUT2D eigenvalue weighted by atomic mass is 10.1. The zero-order chi connectivity index (χ0) is 13.1. The Morgan fingerprint density at radius 3 is 2.22 bits per heavy atom. The van der Waals surface area contributed by atoms with Gasteiger partial charge >= 0.3 is 0 Å². The highest BCUT2D eigenvalue weighted by Crippen LogP contribution is 2.30. The number of aliphatic hydroxyl groups excluding tert-OH is 1. The molecule has 0 saturated carbocycles. The maximum absolute atomic E-state index is 9.54. The highest BCUT2D eigenvalue weighted by atomic mass is 79.9. The Morgan fingerprint density at radius 1 is 1.06 bits per heavy atom. The molecule has 0 amide bonds. The van der Waals surface area contributed by atoms with Gasteiger partial charge in [-0.25, -0.2) is 0 Å². The first kappa shape index (κ1) is 13.1. The Labute approximate surface area is 115 Å². The van der Waals surface area contributed by atoms with Crippen molar-refractivity contribution in [1.82, 2.24) is 0 Å². The maximum Gasteiger partial charge on any atom is 0.128 e. The van der Waals surface area contributed by atoms with Crippen molar-refractivity contribution in [2.45, 2.75) is 20.0 Å². The van der Waals surface area contributed by atoms with Crippen molar-refractivity contribution >= 4 is 15.9 Å². The standard InChI is InChI=1S/C15H15BrO2/c1-10-3-5-12(6-4-10)18-13-7-8-14(11(2)17)15(16)9-13/h3-9,11,17H,1-2H3. The van der Waals surface area contributed by atoms with Gasteiger partial charge in [0.05, 0.1) is 6.10 Å². The topological polar surface area (TPSA) is 29.5 Å². The first-order chi connectivity index (χ1) is 8.56. The van der Waals surface area contributed by atoms with Crippen LogP contribution < -0.4 is 4.74 Å². The molecule has 3 heteroatoms. The van der Waals surface area contributed by atoms with Crippen LogP contribution in [0.1, 0.15) is 24.2 Å². The minimum atomic E-state index is -0.493. The molecule has 2 rings (SSSR count). The molecule has 0 aliphatic heterocycles. The minimum absolute atomic E-state index is 0.493. The van der Waals surface area contributed by atoms with E-state index in [1.54, 1.807) is 6.92 Å². The third-order valence-corrected chi connectivity index (χ3v) is 3.37. The highest BCUT2D eigenvalue weighted by Gasteiger charge is 2.07. The normalized spacial score (nSPS) is 12.2. The molecule has 1 atom stereocenters. The Hall–Kier alpha value is -1.32. The molecule has 1 N–H and O–H groups in total. The number of aliphatic hydroxyl groups is 1. The number of benzene rings is 2. The molecule has 0 saturated heterocycles. The number of rotatable bonds is 3. The van der Waals surface area contributed by atoms with Crippen molar-refractivity contribution in [3.05, 3.63) is 58.1 Å². The first-order valence-electron chi connectivity index (χ1n) is 5.78. The van der Waals surface area contributed by atoms with Crippen LogP contribution in [0.5, 0.6) is 11.5 Å². The molecular weight excluding hydrogens is 292 g/mol. The molecule has 1 unspecified atom stereocenters. The van der Waals surface area contributed by atoms with Gasteiger partial charge in [-0.15, -0.1) is 0 Å². The smallest absolute Gasteiger partial charge is 0.128 e. The number of ether oxygens (including phenoxy) is 1. The van der Waals surface area contributed by atoms with Gasteiger partial charge in [0.1, 0.15) is 11.5 Å². The van der Waals surface area contributed by atoms with E-state index >= 15 is 0 Å². The van der Waals surface area contributed by atoms with Gasteiger partial charge in [-0.1, -0.05) is 39.7 Å². The van der Waals surface area contributed by atoms with Crippen LogP contribution in [0.15, 0.2) is 46.9 Å². The SMILES string of the molecule is Cc1ccc(Oc2ccc(C(C)O)c(Br)c2)cc1. The Kier molecular flexibility index (Phi) is 4.04. The second-order valence-corrected chi connectivity index (χ2v) is 5.13. The van der Waals surface area contributed by atoms with E-state index in [2.05, 4.69) is 15.9 Å². The van der Waals surface area contributed by atoms with E-state index in [0.717, 1.165) is 21.5 Å². The molecule has 0 fully saturated rings. The molecule has 18 heavy (non-hydrogen) atoms. The predicted octanol–water partition coefficient (Wildman–Crippen LogP) is 4.60. The van der Waals surface area contributed by atoms with E-state index < -0.39 is 6.10 Å². The summed E-state index contributed by atoms with van der Waals surface area (Å²) in [5, 5.41) is 9.54. The first-order valence-corrected chi connectivity index (χ1v) is 6.57. The highest BCUT2D eigenvalue weighted by molar-refractivity contribution is 9.10. The molecule has 0 aliphatic rings. The summed E-state index contributed by atoms with van der Waals surface area (Å²) in [5.41, 5.74) is 2.05. The molecule has 0 bridgehead atoms. The average Bonchev–Trinajstić information content (AvgIpc) is 2.32. The quantitative estimate of drug-likeness (QED) is 0.897. The number of hydrogen-bond acceptors (Lipinski definition) is 2. The zero-order valence-corrected chi connectivity index (χ0v) is 11.9. The molecule has 0 radical (unpaired) electrons. The average molecular weight is 307 g/mol. The van der Waals surface area contributed by atoms with Gasteiger partial charge in [0, 0.05) is 4.47 Å². The second kappa shape index (κ2) is 5.55. The summed E-state index contributed by atoms with van der Waals surface area (Å²) < 4.78 is 6.59. The third-order valence-electron chi connectivity index (χ3n) is 2.68. The lowest BCUT2D eigenvalue weighted by molar-refractivity contribution is 0.198. The second-order valence-electron chi connectivity index (χ2n) is 4.27. The van der Waals surface area contributed by atoms with Crippen molar-refractivity contribution in [1.29, 1.82) is 0 Å². The van der Waals surface area contributed by atoms with Gasteiger partial charge in [-0.3, -0.25) is 0 Å². The van der Waals surface area contributed by atoms with Gasteiger partial charge in [-0.2, -0.15) is 0 Å². The summed E-state index contributed by atoms with van der Waals surface area (Å²) in [4.78, 5) is 0. The van der Waals surface area contributed by atoms with Gasteiger partial charge < -0.3 is 9.84 Å². The minimum Gasteiger partial charge on any atom is -0.457 e. The summed E-state index contributed by atoms with van der Waals surface area (Å²) in [6.07, 6.45) is -0.493. The summed E-state index contributed by atoms with van der Waals surface area (Å²) in [6, 6.07) is 13.5. The fourth-order valence-electron chi connectivity index (χ4n) is 1.65. The molecule has 2 aromatic carbocycles. The van der Waals surface area contributed by atoms with Crippen molar-refractivity contribution < 1.29 is 9.84 Å². The van der Waals surface area contributed by atoms with E-state index in [1.807, 2.05) is 49.4 Å². The van der Waals surface area contributed by atoms with Gasteiger partial charge in [0.25, 0.3) is 0 Å². The third kappa shape index (κ3) is 3.12. The van der Waals surface area contributed by atoms with Crippen LogP contribution in [0.2, 0.25) is 0 Å². The summed E-state index contributed by atoms with van der Waals surface area (Å²) in [5.74, 6) is 1.55. The van der Waals surface area contributed by atoms with E-state index in [0.29, 0.717) is 0 Å². The molecule has 0 heterocycles. The summed E-state index contributed by atoms with van der Waals surface area (Å²) >= 11 is 3.43. The lowest BCUT2D eigenvalue weighted by Gasteiger charge is -2.10. The Bertz CT molecular complexity index is 533. The lowest BCUT2D eigenvalue weighted by Crippen LogP contribution is -1.93. The fourth-order valence-corrected chi connectivity index (χ4v) is 2.34. The molecule has 0 spiro atoms. The van der Waals surface area contributed by atoms with E-state index in [9.17, 15) is 5.11 Å². The van der Waals surface area contributed by atoms with Crippen LogP contribution >= 0.6 is 15.9 Å². The van der Waals surface area contributed by atoms with Gasteiger partial charge in [0.15, 0.2) is 0 Å². The van der Waals surface area contributed by atoms with Crippen LogP contribution in [0.25, 0.3) is 0 Å². The maximum atomic E-state index is 9.54. The summed E-state index contributed by atoms with van der Waals surface area (Å²) in [7, 11) is 0. The number of hydrogen-bond donors (Lipinski definition) is 1. The van der Waals surface area contributed by atoms with Crippen molar-refractivity contribution in [3.63, 3.8) is 0 Å². The van der Waals surface area contributed by atoms with Gasteiger partial charge in [-0.05, 0) is 43.7 Å². The Morgan fingerprint density at radius 2 is 1.67 bits per heavy atom. The molecular formula is C15H15BrO2. The van der Waals surface area contributed by atoms with Crippen molar-refractivity contribution in [2.24, 2.45) is 0 Å². The largest absolute Gasteiger partial charge is 0.457 e.